The molecule has 2 aromatic rings. The van der Waals surface area contributed by atoms with Crippen LogP contribution >= 0.6 is 24.2 Å². The number of nitrogens with one attached hydrogen (secondary N) is 1. The minimum Gasteiger partial charge on any atom is -0.508 e. The molecule has 1 unspecified atom stereocenters. The van der Waals surface area contributed by atoms with Crippen molar-refractivity contribution in [2.45, 2.75) is 30.8 Å². The lowest BCUT2D eigenvalue weighted by Crippen LogP contribution is -2.46. The number of carbonyl (C=O) groups excluding carboxylic acids is 2. The lowest BCUT2D eigenvalue weighted by Gasteiger charge is -2.24. The topological polar surface area (TPSA) is 95.7 Å². The first-order valence-electron chi connectivity index (χ1n) is 9.60. The van der Waals surface area contributed by atoms with Crippen LogP contribution in [0.25, 0.3) is 0 Å². The van der Waals surface area contributed by atoms with Gasteiger partial charge in [0.2, 0.25) is 5.91 Å². The van der Waals surface area contributed by atoms with Crippen LogP contribution in [-0.4, -0.2) is 45.5 Å². The molecule has 1 aliphatic heterocycles. The van der Waals surface area contributed by atoms with Crippen LogP contribution in [0.2, 0.25) is 0 Å². The van der Waals surface area contributed by atoms with Crippen LogP contribution in [0.15, 0.2) is 36.4 Å². The van der Waals surface area contributed by atoms with Gasteiger partial charge in [0.15, 0.2) is 17.0 Å². The summed E-state index contributed by atoms with van der Waals surface area (Å²) < 4.78 is 40.2. The Kier molecular flexibility index (Phi) is 9.23. The van der Waals surface area contributed by atoms with Crippen LogP contribution in [0.4, 0.5) is 13.2 Å². The van der Waals surface area contributed by atoms with E-state index in [1.165, 1.54) is 28.8 Å². The highest BCUT2D eigenvalue weighted by Crippen LogP contribution is 2.25. The Labute approximate surface area is 193 Å². The summed E-state index contributed by atoms with van der Waals surface area (Å²) in [5, 5.41) is 11.4. The lowest BCUT2D eigenvalue weighted by molar-refractivity contribution is -0.136. The maximum absolute atomic E-state index is 13.8. The molecule has 0 spiro atoms. The van der Waals surface area contributed by atoms with Gasteiger partial charge in [0, 0.05) is 37.4 Å². The number of carbonyl (C=O) groups is 2. The standard InChI is InChI=1S/C21H22F3N3O3S.ClH/c22-16-10-18(24)17(23)8-13(16)7-14(25)9-19(29)27-5-6-31-21(27)20(30)26-11-12-1-3-15(28)4-2-12;/h1-4,8,10,14,21,28H,5-7,9,11,25H2,(H,26,30);1H/t14-,21?;/m1./s1. The third-order valence-corrected chi connectivity index (χ3v) is 6.05. The van der Waals surface area contributed by atoms with E-state index in [4.69, 9.17) is 5.73 Å². The van der Waals surface area contributed by atoms with Crippen molar-refractivity contribution in [3.8, 4) is 5.75 Å². The molecular formula is C21H23ClF3N3O3S. The van der Waals surface area contributed by atoms with Crippen LogP contribution in [0.5, 0.6) is 5.75 Å². The van der Waals surface area contributed by atoms with Crippen LogP contribution in [0.3, 0.4) is 0 Å². The monoisotopic (exact) mass is 489 g/mol. The van der Waals surface area contributed by atoms with Gasteiger partial charge < -0.3 is 21.1 Å². The smallest absolute Gasteiger partial charge is 0.253 e. The molecule has 3 rings (SSSR count). The van der Waals surface area contributed by atoms with Gasteiger partial charge >= 0.3 is 0 Å². The summed E-state index contributed by atoms with van der Waals surface area (Å²) in [7, 11) is 0. The Morgan fingerprint density at radius 3 is 2.50 bits per heavy atom. The summed E-state index contributed by atoms with van der Waals surface area (Å²) in [6, 6.07) is 6.74. The predicted molar refractivity (Wildman–Crippen MR) is 118 cm³/mol. The Hall–Kier alpha value is -2.43. The molecule has 2 atom stereocenters. The van der Waals surface area contributed by atoms with Crippen molar-refractivity contribution in [3.63, 3.8) is 0 Å². The number of benzene rings is 2. The number of nitrogens with zero attached hydrogens (tertiary/aromatic N) is 1. The molecule has 0 radical (unpaired) electrons. The number of nitrogens with two attached hydrogens (primary N) is 1. The van der Waals surface area contributed by atoms with Gasteiger partial charge in [-0.15, -0.1) is 24.2 Å². The van der Waals surface area contributed by atoms with Crippen molar-refractivity contribution >= 4 is 36.0 Å². The van der Waals surface area contributed by atoms with Gasteiger partial charge in [0.1, 0.15) is 11.6 Å². The minimum atomic E-state index is -1.29. The van der Waals surface area contributed by atoms with E-state index in [1.54, 1.807) is 12.1 Å². The van der Waals surface area contributed by atoms with Gasteiger partial charge in [-0.05, 0) is 35.7 Å². The predicted octanol–water partition coefficient (Wildman–Crippen LogP) is 2.71. The molecule has 0 aliphatic carbocycles. The molecule has 4 N–H and O–H groups in total. The van der Waals surface area contributed by atoms with Crippen molar-refractivity contribution in [2.75, 3.05) is 12.3 Å². The highest BCUT2D eigenvalue weighted by molar-refractivity contribution is 8.00. The second-order valence-corrected chi connectivity index (χ2v) is 8.41. The van der Waals surface area contributed by atoms with Crippen molar-refractivity contribution in [3.05, 3.63) is 65.0 Å². The highest BCUT2D eigenvalue weighted by Gasteiger charge is 2.35. The summed E-state index contributed by atoms with van der Waals surface area (Å²) >= 11 is 1.32. The second kappa shape index (κ2) is 11.4. The van der Waals surface area contributed by atoms with E-state index in [0.717, 1.165) is 11.6 Å². The number of aromatic hydroxyl groups is 1. The zero-order valence-electron chi connectivity index (χ0n) is 16.9. The van der Waals surface area contributed by atoms with E-state index < -0.39 is 28.9 Å². The largest absolute Gasteiger partial charge is 0.508 e. The summed E-state index contributed by atoms with van der Waals surface area (Å²) in [5.41, 5.74) is 6.62. The maximum atomic E-state index is 13.8. The fraction of sp³-hybridized carbons (Fsp3) is 0.333. The number of phenols is 1. The van der Waals surface area contributed by atoms with Crippen LogP contribution in [0.1, 0.15) is 17.5 Å². The van der Waals surface area contributed by atoms with Crippen molar-refractivity contribution < 1.29 is 27.9 Å². The molecule has 6 nitrogen and oxygen atoms in total. The fourth-order valence-electron chi connectivity index (χ4n) is 3.25. The molecule has 11 heteroatoms. The Bertz CT molecular complexity index is 965. The molecule has 1 fully saturated rings. The van der Waals surface area contributed by atoms with Gasteiger partial charge in [0.05, 0.1) is 0 Å². The first-order valence-corrected chi connectivity index (χ1v) is 10.6. The molecule has 0 saturated carbocycles. The third kappa shape index (κ3) is 6.54. The van der Waals surface area contributed by atoms with Gasteiger partial charge in [0.25, 0.3) is 5.91 Å². The average Bonchev–Trinajstić information content (AvgIpc) is 3.21. The van der Waals surface area contributed by atoms with Crippen LogP contribution in [-0.2, 0) is 22.6 Å². The fourth-order valence-corrected chi connectivity index (χ4v) is 4.41. The SMILES string of the molecule is Cl.N[C@@H](CC(=O)N1CCSC1C(=O)NCc1ccc(O)cc1)Cc1cc(F)c(F)cc1F. The number of rotatable bonds is 7. The average molecular weight is 490 g/mol. The maximum Gasteiger partial charge on any atom is 0.253 e. The molecule has 174 valence electrons. The lowest BCUT2D eigenvalue weighted by atomic mass is 10.0. The second-order valence-electron chi connectivity index (χ2n) is 7.22. The molecule has 0 aromatic heterocycles. The van der Waals surface area contributed by atoms with E-state index in [1.807, 2.05) is 0 Å². The van der Waals surface area contributed by atoms with Crippen molar-refractivity contribution in [2.24, 2.45) is 5.73 Å². The van der Waals surface area contributed by atoms with Gasteiger partial charge in [-0.1, -0.05) is 12.1 Å². The third-order valence-electron chi connectivity index (χ3n) is 4.85. The molecule has 1 saturated heterocycles. The van der Waals surface area contributed by atoms with E-state index >= 15 is 0 Å². The molecular weight excluding hydrogens is 467 g/mol. The summed E-state index contributed by atoms with van der Waals surface area (Å²) in [4.78, 5) is 26.6. The first kappa shape index (κ1) is 25.8. The summed E-state index contributed by atoms with van der Waals surface area (Å²) in [6.07, 6.45) is -0.311. The van der Waals surface area contributed by atoms with Crippen LogP contribution in [0, 0.1) is 17.5 Å². The van der Waals surface area contributed by atoms with E-state index in [0.29, 0.717) is 18.4 Å². The molecule has 1 aliphatic rings. The Morgan fingerprint density at radius 1 is 1.16 bits per heavy atom. The number of hydrogen-bond donors (Lipinski definition) is 3. The Morgan fingerprint density at radius 2 is 1.81 bits per heavy atom. The molecule has 2 aromatic carbocycles. The zero-order valence-corrected chi connectivity index (χ0v) is 18.5. The number of phenolic OH excluding ortho intramolecular Hbond substituents is 1. The van der Waals surface area contributed by atoms with E-state index in [9.17, 15) is 27.9 Å². The van der Waals surface area contributed by atoms with Gasteiger partial charge in [-0.2, -0.15) is 0 Å². The van der Waals surface area contributed by atoms with Crippen molar-refractivity contribution in [1.82, 2.24) is 10.2 Å². The van der Waals surface area contributed by atoms with E-state index in [2.05, 4.69) is 5.32 Å². The molecule has 2 amide bonds. The number of halogens is 4. The highest BCUT2D eigenvalue weighted by atomic mass is 35.5. The molecule has 0 bridgehead atoms. The summed E-state index contributed by atoms with van der Waals surface area (Å²) in [5.74, 6) is -3.40. The Balaban J connectivity index is 0.00000363. The quantitative estimate of drug-likeness (QED) is 0.520. The number of amides is 2. The van der Waals surface area contributed by atoms with Crippen LogP contribution < -0.4 is 11.1 Å². The van der Waals surface area contributed by atoms with Gasteiger partial charge in [-0.25, -0.2) is 13.2 Å². The minimum absolute atomic E-state index is 0. The van der Waals surface area contributed by atoms with Crippen molar-refractivity contribution in [1.29, 1.82) is 0 Å². The molecule has 1 heterocycles. The first-order chi connectivity index (χ1) is 14.7. The molecule has 32 heavy (non-hydrogen) atoms. The number of thioether (sulfide) groups is 1. The summed E-state index contributed by atoms with van der Waals surface area (Å²) in [6.45, 7) is 0.611. The van der Waals surface area contributed by atoms with Gasteiger partial charge in [-0.3, -0.25) is 9.59 Å². The normalized spacial score (nSPS) is 16.4. The van der Waals surface area contributed by atoms with E-state index in [-0.39, 0.29) is 54.9 Å². The number of hydrogen-bond acceptors (Lipinski definition) is 5. The zero-order chi connectivity index (χ0) is 22.5.